The van der Waals surface area contributed by atoms with E-state index < -0.39 is 24.9 Å². The number of nitrogens with two attached hydrogens (primary N) is 1. The molecule has 3 N–H and O–H groups in total. The van der Waals surface area contributed by atoms with Crippen molar-refractivity contribution in [3.8, 4) is 5.75 Å². The maximum atomic E-state index is 13.0. The van der Waals surface area contributed by atoms with E-state index in [1.54, 1.807) is 18.2 Å². The molecule has 2 rings (SSSR count). The molecule has 0 aliphatic rings. The Balaban J connectivity index is 2.04. The van der Waals surface area contributed by atoms with Gasteiger partial charge in [-0.3, -0.25) is 4.79 Å². The highest BCUT2D eigenvalue weighted by Crippen LogP contribution is 2.25. The summed E-state index contributed by atoms with van der Waals surface area (Å²) in [5, 5.41) is 2.91. The summed E-state index contributed by atoms with van der Waals surface area (Å²) in [7, 11) is 1.54. The molecule has 0 aliphatic carbocycles. The van der Waals surface area contributed by atoms with Gasteiger partial charge in [0.15, 0.2) is 0 Å². The molecule has 1 aromatic carbocycles. The molecular formula is C14H16F2N2O3. The van der Waals surface area contributed by atoms with Gasteiger partial charge in [-0.05, 0) is 12.1 Å². The molecule has 1 heterocycles. The van der Waals surface area contributed by atoms with Gasteiger partial charge in [0.1, 0.15) is 11.3 Å². The lowest BCUT2D eigenvalue weighted by molar-refractivity contribution is -0.122. The van der Waals surface area contributed by atoms with Crippen LogP contribution in [0.4, 0.5) is 8.78 Å². The average Bonchev–Trinajstić information content (AvgIpc) is 2.87. The molecule has 0 atom stereocenters. The second-order valence-corrected chi connectivity index (χ2v) is 4.64. The summed E-state index contributed by atoms with van der Waals surface area (Å²) in [5.74, 6) is -2.97. The van der Waals surface area contributed by atoms with Crippen molar-refractivity contribution >= 4 is 16.9 Å². The van der Waals surface area contributed by atoms with E-state index in [-0.39, 0.29) is 6.42 Å². The van der Waals surface area contributed by atoms with Gasteiger partial charge in [-0.25, -0.2) is 8.78 Å². The predicted molar refractivity (Wildman–Crippen MR) is 73.5 cm³/mol. The fraction of sp³-hybridized carbons (Fsp3) is 0.357. The second-order valence-electron chi connectivity index (χ2n) is 4.64. The van der Waals surface area contributed by atoms with Crippen LogP contribution in [0.3, 0.4) is 0 Å². The van der Waals surface area contributed by atoms with Crippen molar-refractivity contribution in [2.45, 2.75) is 12.3 Å². The summed E-state index contributed by atoms with van der Waals surface area (Å²) in [5.41, 5.74) is 6.10. The number of ether oxygens (including phenoxy) is 1. The molecule has 114 valence electrons. The van der Waals surface area contributed by atoms with Gasteiger partial charge in [-0.15, -0.1) is 0 Å². The van der Waals surface area contributed by atoms with Gasteiger partial charge in [0.2, 0.25) is 5.91 Å². The average molecular weight is 298 g/mol. The minimum atomic E-state index is -3.10. The van der Waals surface area contributed by atoms with Crippen LogP contribution in [0.5, 0.6) is 5.75 Å². The highest BCUT2D eigenvalue weighted by Gasteiger charge is 2.27. The smallest absolute Gasteiger partial charge is 0.277 e. The summed E-state index contributed by atoms with van der Waals surface area (Å²) >= 11 is 0. The number of hydrogen-bond donors (Lipinski definition) is 2. The Morgan fingerprint density at radius 1 is 1.48 bits per heavy atom. The molecule has 7 heteroatoms. The third-order valence-corrected chi connectivity index (χ3v) is 3.06. The van der Waals surface area contributed by atoms with Crippen molar-refractivity contribution in [1.29, 1.82) is 0 Å². The minimum Gasteiger partial charge on any atom is -0.497 e. The molecule has 0 unspecified atom stereocenters. The van der Waals surface area contributed by atoms with Crippen LogP contribution in [0.15, 0.2) is 28.9 Å². The van der Waals surface area contributed by atoms with Crippen LogP contribution < -0.4 is 15.8 Å². The van der Waals surface area contributed by atoms with Crippen molar-refractivity contribution in [2.75, 3.05) is 20.2 Å². The molecule has 1 amide bonds. The SMILES string of the molecule is COc1ccc2c(CC(=O)NCC(F)(F)CN)coc2c1. The van der Waals surface area contributed by atoms with Crippen molar-refractivity contribution < 1.29 is 22.7 Å². The van der Waals surface area contributed by atoms with Crippen LogP contribution in [0, 0.1) is 0 Å². The highest BCUT2D eigenvalue weighted by molar-refractivity contribution is 5.88. The lowest BCUT2D eigenvalue weighted by atomic mass is 10.1. The van der Waals surface area contributed by atoms with E-state index >= 15 is 0 Å². The number of carbonyl (C=O) groups excluding carboxylic acids is 1. The Morgan fingerprint density at radius 3 is 2.90 bits per heavy atom. The van der Waals surface area contributed by atoms with Crippen molar-refractivity contribution in [3.63, 3.8) is 0 Å². The van der Waals surface area contributed by atoms with Crippen LogP contribution in [0.1, 0.15) is 5.56 Å². The van der Waals surface area contributed by atoms with E-state index in [2.05, 4.69) is 5.32 Å². The van der Waals surface area contributed by atoms with E-state index in [0.29, 0.717) is 16.9 Å². The van der Waals surface area contributed by atoms with Gasteiger partial charge in [-0.2, -0.15) is 0 Å². The third kappa shape index (κ3) is 3.69. The Morgan fingerprint density at radius 2 is 2.24 bits per heavy atom. The van der Waals surface area contributed by atoms with Crippen molar-refractivity contribution in [3.05, 3.63) is 30.0 Å². The van der Waals surface area contributed by atoms with Gasteiger partial charge < -0.3 is 20.2 Å². The fourth-order valence-corrected chi connectivity index (χ4v) is 1.86. The molecule has 21 heavy (non-hydrogen) atoms. The number of amides is 1. The van der Waals surface area contributed by atoms with Gasteiger partial charge in [0.05, 0.1) is 32.9 Å². The van der Waals surface area contributed by atoms with Crippen LogP contribution in [-0.4, -0.2) is 32.0 Å². The zero-order valence-corrected chi connectivity index (χ0v) is 11.5. The molecule has 0 bridgehead atoms. The third-order valence-electron chi connectivity index (χ3n) is 3.06. The molecule has 0 aliphatic heterocycles. The van der Waals surface area contributed by atoms with E-state index in [1.165, 1.54) is 13.4 Å². The highest BCUT2D eigenvalue weighted by atomic mass is 19.3. The first-order chi connectivity index (χ1) is 9.95. The summed E-state index contributed by atoms with van der Waals surface area (Å²) in [6, 6.07) is 5.19. The summed E-state index contributed by atoms with van der Waals surface area (Å²) in [4.78, 5) is 11.7. The van der Waals surface area contributed by atoms with Gasteiger partial charge in [0, 0.05) is 17.0 Å². The van der Waals surface area contributed by atoms with Crippen molar-refractivity contribution in [2.24, 2.45) is 5.73 Å². The normalized spacial score (nSPS) is 11.6. The predicted octanol–water partition coefficient (Wildman–Crippen LogP) is 1.69. The van der Waals surface area contributed by atoms with E-state index in [0.717, 1.165) is 5.39 Å². The Kier molecular flexibility index (Phi) is 4.42. The minimum absolute atomic E-state index is 0.0417. The summed E-state index contributed by atoms with van der Waals surface area (Å²) in [6.45, 7) is -1.58. The molecule has 0 radical (unpaired) electrons. The number of carbonyl (C=O) groups is 1. The zero-order chi connectivity index (χ0) is 15.5. The molecule has 5 nitrogen and oxygen atoms in total. The Labute approximate surface area is 120 Å². The first kappa shape index (κ1) is 15.2. The largest absolute Gasteiger partial charge is 0.497 e. The molecule has 0 saturated heterocycles. The maximum absolute atomic E-state index is 13.0. The molecule has 0 spiro atoms. The number of methoxy groups -OCH3 is 1. The number of benzene rings is 1. The van der Waals surface area contributed by atoms with Gasteiger partial charge in [0.25, 0.3) is 5.92 Å². The quantitative estimate of drug-likeness (QED) is 0.851. The first-order valence-corrected chi connectivity index (χ1v) is 6.34. The van der Waals surface area contributed by atoms with E-state index in [4.69, 9.17) is 14.9 Å². The topological polar surface area (TPSA) is 77.5 Å². The molecule has 0 saturated carbocycles. The molecule has 2 aromatic rings. The lowest BCUT2D eigenvalue weighted by Gasteiger charge is -2.14. The van der Waals surface area contributed by atoms with Gasteiger partial charge >= 0.3 is 0 Å². The fourth-order valence-electron chi connectivity index (χ4n) is 1.86. The summed E-state index contributed by atoms with van der Waals surface area (Å²) < 4.78 is 36.3. The first-order valence-electron chi connectivity index (χ1n) is 6.34. The van der Waals surface area contributed by atoms with Crippen molar-refractivity contribution in [1.82, 2.24) is 5.32 Å². The standard InChI is InChI=1S/C14H16F2N2O3/c1-20-10-2-3-11-9(6-21-12(11)5-10)4-13(19)18-8-14(15,16)7-17/h2-3,5-6H,4,7-8,17H2,1H3,(H,18,19). The molecule has 1 aromatic heterocycles. The lowest BCUT2D eigenvalue weighted by Crippen LogP contribution is -2.42. The zero-order valence-electron chi connectivity index (χ0n) is 11.5. The van der Waals surface area contributed by atoms with Crippen LogP contribution in [0.25, 0.3) is 11.0 Å². The van der Waals surface area contributed by atoms with E-state index in [1.807, 2.05) is 0 Å². The van der Waals surface area contributed by atoms with Crippen LogP contribution in [-0.2, 0) is 11.2 Å². The number of nitrogens with one attached hydrogen (secondary N) is 1. The molecule has 0 fully saturated rings. The number of halogens is 2. The maximum Gasteiger partial charge on any atom is 0.277 e. The van der Waals surface area contributed by atoms with Gasteiger partial charge in [-0.1, -0.05) is 0 Å². The number of hydrogen-bond acceptors (Lipinski definition) is 4. The Bertz CT molecular complexity index is 640. The van der Waals surface area contributed by atoms with Crippen LogP contribution >= 0.6 is 0 Å². The Hall–Kier alpha value is -2.15. The number of alkyl halides is 2. The number of furan rings is 1. The number of rotatable bonds is 6. The van der Waals surface area contributed by atoms with Crippen LogP contribution in [0.2, 0.25) is 0 Å². The molecular weight excluding hydrogens is 282 g/mol. The second kappa shape index (κ2) is 6.09. The van der Waals surface area contributed by atoms with E-state index in [9.17, 15) is 13.6 Å². The summed E-state index contributed by atoms with van der Waals surface area (Å²) in [6.07, 6.45) is 1.39. The monoisotopic (exact) mass is 298 g/mol. The number of fused-ring (bicyclic) bond motifs is 1.